The lowest BCUT2D eigenvalue weighted by Gasteiger charge is -2.02. The predicted molar refractivity (Wildman–Crippen MR) is 73.1 cm³/mol. The molecule has 0 N–H and O–H groups in total. The number of nitrogens with zero attached hydrogens (tertiary/aromatic N) is 1. The Morgan fingerprint density at radius 3 is 2.79 bits per heavy atom. The quantitative estimate of drug-likeness (QED) is 0.627. The third-order valence-electron chi connectivity index (χ3n) is 2.96. The second kappa shape index (κ2) is 5.52. The van der Waals surface area contributed by atoms with Crippen molar-refractivity contribution in [3.63, 3.8) is 0 Å². The van der Waals surface area contributed by atoms with Crippen molar-refractivity contribution in [1.29, 1.82) is 0 Å². The highest BCUT2D eigenvalue weighted by atomic mass is 16.5. The fraction of sp³-hybridized carbons (Fsp3) is 0.200. The van der Waals surface area contributed by atoms with Crippen molar-refractivity contribution in [1.82, 2.24) is 4.57 Å². The van der Waals surface area contributed by atoms with Crippen molar-refractivity contribution in [3.8, 4) is 0 Å². The fourth-order valence-electron chi connectivity index (χ4n) is 2.03. The first-order chi connectivity index (χ1) is 9.13. The molecular weight excluding hydrogens is 242 g/mol. The van der Waals surface area contributed by atoms with Gasteiger partial charge in [-0.1, -0.05) is 18.2 Å². The molecule has 4 nitrogen and oxygen atoms in total. The Kier molecular flexibility index (Phi) is 3.80. The molecule has 2 rings (SSSR count). The summed E-state index contributed by atoms with van der Waals surface area (Å²) in [6, 6.07) is 7.71. The summed E-state index contributed by atoms with van der Waals surface area (Å²) in [5.74, 6) is -0.384. The van der Waals surface area contributed by atoms with Crippen LogP contribution < -0.4 is 0 Å². The second-order valence-corrected chi connectivity index (χ2v) is 4.18. The molecule has 0 unspecified atom stereocenters. The van der Waals surface area contributed by atoms with E-state index in [1.54, 1.807) is 16.8 Å². The van der Waals surface area contributed by atoms with Crippen molar-refractivity contribution < 1.29 is 14.3 Å². The lowest BCUT2D eigenvalue weighted by Crippen LogP contribution is -2.02. The van der Waals surface area contributed by atoms with Gasteiger partial charge in [-0.05, 0) is 24.1 Å². The Morgan fingerprint density at radius 2 is 2.11 bits per heavy atom. The number of fused-ring (bicyclic) bond motifs is 1. The van der Waals surface area contributed by atoms with Gasteiger partial charge >= 0.3 is 5.97 Å². The van der Waals surface area contributed by atoms with E-state index in [1.807, 2.05) is 24.3 Å². The van der Waals surface area contributed by atoms with E-state index in [9.17, 15) is 9.59 Å². The lowest BCUT2D eigenvalue weighted by molar-refractivity contribution is -0.134. The molecule has 2 aromatic rings. The molecule has 98 valence electrons. The van der Waals surface area contributed by atoms with Gasteiger partial charge in [-0.2, -0.15) is 0 Å². The maximum Gasteiger partial charge on any atom is 0.330 e. The molecule has 0 fully saturated rings. The van der Waals surface area contributed by atoms with Crippen LogP contribution in [0.1, 0.15) is 17.3 Å². The number of ether oxygens (including phenoxy) is 1. The van der Waals surface area contributed by atoms with Crippen LogP contribution in [0, 0.1) is 0 Å². The fourth-order valence-corrected chi connectivity index (χ4v) is 2.03. The molecular formula is C15H15NO3. The van der Waals surface area contributed by atoms with Gasteiger partial charge in [0.15, 0.2) is 0 Å². The van der Waals surface area contributed by atoms with Crippen molar-refractivity contribution in [2.45, 2.75) is 13.3 Å². The van der Waals surface area contributed by atoms with Crippen LogP contribution in [0.15, 0.2) is 42.6 Å². The van der Waals surface area contributed by atoms with E-state index >= 15 is 0 Å². The van der Waals surface area contributed by atoms with Gasteiger partial charge in [0.2, 0.25) is 5.91 Å². The minimum Gasteiger partial charge on any atom is -0.466 e. The van der Waals surface area contributed by atoms with E-state index in [0.29, 0.717) is 6.42 Å². The summed E-state index contributed by atoms with van der Waals surface area (Å²) in [7, 11) is 1.35. The van der Waals surface area contributed by atoms with E-state index in [-0.39, 0.29) is 11.9 Å². The Labute approximate surface area is 111 Å². The molecule has 0 saturated heterocycles. The molecule has 0 aliphatic heterocycles. The number of methoxy groups -OCH3 is 1. The van der Waals surface area contributed by atoms with Gasteiger partial charge in [-0.25, -0.2) is 4.79 Å². The average Bonchev–Trinajstić information content (AvgIpc) is 2.83. The van der Waals surface area contributed by atoms with Gasteiger partial charge in [0.25, 0.3) is 0 Å². The summed E-state index contributed by atoms with van der Waals surface area (Å²) < 4.78 is 6.15. The van der Waals surface area contributed by atoms with Crippen molar-refractivity contribution in [2.75, 3.05) is 7.11 Å². The topological polar surface area (TPSA) is 48.3 Å². The number of carbonyl (C=O) groups excluding carboxylic acids is 2. The van der Waals surface area contributed by atoms with E-state index < -0.39 is 0 Å². The second-order valence-electron chi connectivity index (χ2n) is 4.18. The minimum atomic E-state index is -0.367. The summed E-state index contributed by atoms with van der Waals surface area (Å²) in [5.41, 5.74) is 1.95. The van der Waals surface area contributed by atoms with Gasteiger partial charge in [-0.3, -0.25) is 9.36 Å². The minimum absolute atomic E-state index is 0.0164. The van der Waals surface area contributed by atoms with Gasteiger partial charge in [0.1, 0.15) is 0 Å². The highest BCUT2D eigenvalue weighted by molar-refractivity contribution is 5.93. The highest BCUT2D eigenvalue weighted by Crippen LogP contribution is 2.21. The molecule has 0 spiro atoms. The van der Waals surface area contributed by atoms with Crippen molar-refractivity contribution in [2.24, 2.45) is 0 Å². The summed E-state index contributed by atoms with van der Waals surface area (Å²) in [6.07, 6.45) is 5.54. The monoisotopic (exact) mass is 257 g/mol. The first-order valence-corrected chi connectivity index (χ1v) is 5.98. The van der Waals surface area contributed by atoms with Crippen LogP contribution >= 0.6 is 0 Å². The zero-order valence-electron chi connectivity index (χ0n) is 10.9. The number of rotatable bonds is 3. The molecule has 0 aliphatic rings. The molecule has 19 heavy (non-hydrogen) atoms. The van der Waals surface area contributed by atoms with Gasteiger partial charge in [0, 0.05) is 24.6 Å². The molecule has 0 radical (unpaired) electrons. The number of hydrogen-bond acceptors (Lipinski definition) is 3. The van der Waals surface area contributed by atoms with E-state index in [4.69, 9.17) is 0 Å². The zero-order chi connectivity index (χ0) is 13.8. The third-order valence-corrected chi connectivity index (χ3v) is 2.96. The number of benzene rings is 1. The smallest absolute Gasteiger partial charge is 0.330 e. The molecule has 0 amide bonds. The Balaban J connectivity index is 2.32. The number of carbonyl (C=O) groups is 2. The molecule has 1 heterocycles. The number of hydrogen-bond donors (Lipinski definition) is 0. The Morgan fingerprint density at radius 1 is 1.32 bits per heavy atom. The normalized spacial score (nSPS) is 11.1. The van der Waals surface area contributed by atoms with Crippen LogP contribution in [-0.4, -0.2) is 23.6 Å². The summed E-state index contributed by atoms with van der Waals surface area (Å²) >= 11 is 0. The standard InChI is InChI=1S/C15H15NO3/c1-11(17)16-10-9-13-12(5-3-7-14(13)16)6-4-8-15(18)19-2/h3-5,7-10H,6H2,1-2H3. The Bertz CT molecular complexity index is 652. The van der Waals surface area contributed by atoms with Crippen LogP contribution in [0.5, 0.6) is 0 Å². The molecule has 0 atom stereocenters. The summed E-state index contributed by atoms with van der Waals surface area (Å²) in [5, 5.41) is 1.02. The van der Waals surface area contributed by atoms with E-state index in [2.05, 4.69) is 4.74 Å². The van der Waals surface area contributed by atoms with Crippen LogP contribution in [0.25, 0.3) is 10.9 Å². The van der Waals surface area contributed by atoms with Gasteiger partial charge in [-0.15, -0.1) is 0 Å². The van der Waals surface area contributed by atoms with Crippen LogP contribution in [-0.2, 0) is 16.0 Å². The maximum atomic E-state index is 11.5. The highest BCUT2D eigenvalue weighted by Gasteiger charge is 2.06. The molecule has 0 bridgehead atoms. The number of esters is 1. The molecule has 1 aromatic carbocycles. The zero-order valence-corrected chi connectivity index (χ0v) is 10.9. The van der Waals surface area contributed by atoms with Crippen LogP contribution in [0.4, 0.5) is 0 Å². The number of aromatic nitrogens is 1. The number of allylic oxidation sites excluding steroid dienone is 1. The molecule has 4 heteroatoms. The van der Waals surface area contributed by atoms with Crippen molar-refractivity contribution in [3.05, 3.63) is 48.2 Å². The SMILES string of the molecule is COC(=O)C=CCc1cccc2c1ccn2C(C)=O. The Hall–Kier alpha value is -2.36. The molecule has 1 aromatic heterocycles. The first-order valence-electron chi connectivity index (χ1n) is 5.98. The summed E-state index contributed by atoms with van der Waals surface area (Å²) in [6.45, 7) is 1.53. The lowest BCUT2D eigenvalue weighted by atomic mass is 10.1. The summed E-state index contributed by atoms with van der Waals surface area (Å²) in [4.78, 5) is 22.5. The van der Waals surface area contributed by atoms with Crippen LogP contribution in [0.2, 0.25) is 0 Å². The molecule has 0 saturated carbocycles. The van der Waals surface area contributed by atoms with E-state index in [0.717, 1.165) is 16.5 Å². The maximum absolute atomic E-state index is 11.5. The molecule has 0 aliphatic carbocycles. The van der Waals surface area contributed by atoms with Crippen LogP contribution in [0.3, 0.4) is 0 Å². The van der Waals surface area contributed by atoms with E-state index in [1.165, 1.54) is 20.1 Å². The van der Waals surface area contributed by atoms with Gasteiger partial charge in [0.05, 0.1) is 12.6 Å². The predicted octanol–water partition coefficient (Wildman–Crippen LogP) is 2.57. The third kappa shape index (κ3) is 2.73. The largest absolute Gasteiger partial charge is 0.466 e. The van der Waals surface area contributed by atoms with Crippen molar-refractivity contribution >= 4 is 22.8 Å². The average molecular weight is 257 g/mol. The first kappa shape index (κ1) is 13.1. The van der Waals surface area contributed by atoms with Gasteiger partial charge < -0.3 is 4.74 Å².